The van der Waals surface area contributed by atoms with Crippen LogP contribution in [0.2, 0.25) is 0 Å². The van der Waals surface area contributed by atoms with Crippen LogP contribution in [0.15, 0.2) is 48.5 Å². The lowest BCUT2D eigenvalue weighted by molar-refractivity contribution is -0.0793. The van der Waals surface area contributed by atoms with E-state index >= 15 is 0 Å². The van der Waals surface area contributed by atoms with Crippen molar-refractivity contribution in [1.29, 1.82) is 0 Å². The zero-order valence-electron chi connectivity index (χ0n) is 28.5. The highest BCUT2D eigenvalue weighted by Crippen LogP contribution is 2.60. The van der Waals surface area contributed by atoms with Gasteiger partial charge in [0.15, 0.2) is 0 Å². The summed E-state index contributed by atoms with van der Waals surface area (Å²) in [4.78, 5) is 5.41. The second kappa shape index (κ2) is 12.3. The van der Waals surface area contributed by atoms with Gasteiger partial charge >= 0.3 is 0 Å². The standard InChI is InChI=1S/2C19H24N2O.CH4O.H2O/c2*1-2-19-9-5-10-20-11-8-14-13-6-3-4-7-15(13)21(16(22)12-19)17(14)18(19)20;1-2;/h2*3-4,6-7,16,18,22H,2,5,8-12H2,1H3;2H,1H3;1H2/t2*16-,18+,19-;;/m11../s1. The zero-order valence-corrected chi connectivity index (χ0v) is 28.5. The first-order valence-electron chi connectivity index (χ1n) is 18.0. The maximum absolute atomic E-state index is 11.0. The molecule has 2 aromatic carbocycles. The van der Waals surface area contributed by atoms with E-state index in [0.717, 1.165) is 32.8 Å². The molecule has 2 aromatic heterocycles. The fourth-order valence-corrected chi connectivity index (χ4v) is 11.3. The van der Waals surface area contributed by atoms with E-state index in [1.807, 2.05) is 0 Å². The molecule has 0 bridgehead atoms. The normalized spacial score (nSPS) is 31.9. The second-order valence-electron chi connectivity index (χ2n) is 14.9. The lowest BCUT2D eigenvalue weighted by Gasteiger charge is -2.56. The zero-order chi connectivity index (χ0) is 31.8. The van der Waals surface area contributed by atoms with Crippen molar-refractivity contribution in [1.82, 2.24) is 18.9 Å². The quantitative estimate of drug-likeness (QED) is 0.247. The molecule has 8 heterocycles. The van der Waals surface area contributed by atoms with Crippen molar-refractivity contribution in [3.05, 3.63) is 71.0 Å². The van der Waals surface area contributed by atoms with Gasteiger partial charge in [0.25, 0.3) is 0 Å². The number of fused-ring (bicyclic) bond motifs is 6. The Morgan fingerprint density at radius 1 is 0.638 bits per heavy atom. The van der Waals surface area contributed by atoms with Gasteiger partial charge in [-0.2, -0.15) is 0 Å². The van der Waals surface area contributed by atoms with Crippen molar-refractivity contribution < 1.29 is 20.8 Å². The molecular weight excluding hydrogens is 588 g/mol. The number of aliphatic hydroxyl groups is 3. The van der Waals surface area contributed by atoms with Gasteiger partial charge in [0, 0.05) is 42.4 Å². The van der Waals surface area contributed by atoms with Gasteiger partial charge in [-0.25, -0.2) is 0 Å². The van der Waals surface area contributed by atoms with Crippen LogP contribution in [0.4, 0.5) is 0 Å². The van der Waals surface area contributed by atoms with Gasteiger partial charge in [-0.05, 0) is 111 Å². The molecule has 0 spiro atoms. The van der Waals surface area contributed by atoms with E-state index in [1.54, 1.807) is 0 Å². The van der Waals surface area contributed by atoms with E-state index in [1.165, 1.54) is 109 Å². The molecular formula is C39H54N4O4. The van der Waals surface area contributed by atoms with Gasteiger partial charge in [0.2, 0.25) is 0 Å². The molecule has 0 amide bonds. The second-order valence-corrected chi connectivity index (χ2v) is 14.9. The highest BCUT2D eigenvalue weighted by Gasteiger charge is 2.54. The fourth-order valence-electron chi connectivity index (χ4n) is 11.3. The molecule has 4 aromatic rings. The Bertz CT molecular complexity index is 1630. The van der Waals surface area contributed by atoms with Crippen molar-refractivity contribution in [3.8, 4) is 0 Å². The van der Waals surface area contributed by atoms with E-state index in [4.69, 9.17) is 5.11 Å². The van der Waals surface area contributed by atoms with Crippen molar-refractivity contribution in [3.63, 3.8) is 0 Å². The minimum Gasteiger partial charge on any atom is -0.412 e. The molecule has 2 fully saturated rings. The molecule has 8 nitrogen and oxygen atoms in total. The number of para-hydroxylation sites is 2. The van der Waals surface area contributed by atoms with Crippen LogP contribution in [0.1, 0.15) is 112 Å². The minimum atomic E-state index is -0.358. The van der Waals surface area contributed by atoms with Crippen LogP contribution in [0, 0.1) is 10.8 Å². The minimum absolute atomic E-state index is 0. The van der Waals surface area contributed by atoms with Crippen LogP contribution in [0.3, 0.4) is 0 Å². The third-order valence-electron chi connectivity index (χ3n) is 13.2. The van der Waals surface area contributed by atoms with Gasteiger partial charge in [0.1, 0.15) is 12.5 Å². The third kappa shape index (κ3) is 4.55. The molecule has 6 aliphatic rings. The molecule has 0 aliphatic carbocycles. The molecule has 6 aliphatic heterocycles. The molecule has 0 saturated carbocycles. The summed E-state index contributed by atoms with van der Waals surface area (Å²) < 4.78 is 4.53. The highest BCUT2D eigenvalue weighted by molar-refractivity contribution is 5.87. The summed E-state index contributed by atoms with van der Waals surface area (Å²) in [7, 11) is 1.00. The van der Waals surface area contributed by atoms with E-state index in [2.05, 4.69) is 81.3 Å². The Kier molecular flexibility index (Phi) is 8.59. The number of nitrogens with zero attached hydrogens (tertiary/aromatic N) is 4. The number of aliphatic hydroxyl groups excluding tert-OH is 3. The molecule has 10 rings (SSSR count). The number of aromatic nitrogens is 2. The van der Waals surface area contributed by atoms with Crippen LogP contribution < -0.4 is 0 Å². The van der Waals surface area contributed by atoms with E-state index < -0.39 is 0 Å². The Labute approximate surface area is 278 Å². The average Bonchev–Trinajstić information content (AvgIpc) is 3.63. The molecule has 8 heteroatoms. The number of rotatable bonds is 2. The number of benzene rings is 2. The van der Waals surface area contributed by atoms with Gasteiger partial charge in [0.05, 0.1) is 23.1 Å². The van der Waals surface area contributed by atoms with E-state index in [9.17, 15) is 10.2 Å². The van der Waals surface area contributed by atoms with Crippen LogP contribution >= 0.6 is 0 Å². The smallest absolute Gasteiger partial charge is 0.131 e. The summed E-state index contributed by atoms with van der Waals surface area (Å²) in [6.45, 7) is 9.46. The number of hydrogen-bond acceptors (Lipinski definition) is 5. The SMILES string of the molecule is CC[C@@]12CCCN3CCc4c(n(c5ccccc45)[C@H](O)C1)[C@H]32.CC[C@@]12CCCN3CCc4c(n(c5ccccc45)[C@H](O)C1)[C@H]32.CO.O. The molecule has 5 N–H and O–H groups in total. The van der Waals surface area contributed by atoms with Crippen LogP contribution in [0.25, 0.3) is 21.8 Å². The molecule has 6 atom stereocenters. The fraction of sp³-hybridized carbons (Fsp3) is 0.590. The Morgan fingerprint density at radius 2 is 1.04 bits per heavy atom. The summed E-state index contributed by atoms with van der Waals surface area (Å²) in [6, 6.07) is 18.4. The van der Waals surface area contributed by atoms with Crippen molar-refractivity contribution in [2.75, 3.05) is 33.3 Å². The van der Waals surface area contributed by atoms with Gasteiger partial charge in [-0.3, -0.25) is 9.80 Å². The number of hydrogen-bond donors (Lipinski definition) is 3. The van der Waals surface area contributed by atoms with Gasteiger partial charge in [-0.15, -0.1) is 0 Å². The molecule has 2 saturated heterocycles. The Morgan fingerprint density at radius 3 is 1.45 bits per heavy atom. The molecule has 47 heavy (non-hydrogen) atoms. The predicted molar refractivity (Wildman–Crippen MR) is 187 cm³/mol. The summed E-state index contributed by atoms with van der Waals surface area (Å²) in [5, 5.41) is 31.7. The molecule has 0 unspecified atom stereocenters. The van der Waals surface area contributed by atoms with Crippen molar-refractivity contribution in [2.24, 2.45) is 10.8 Å². The van der Waals surface area contributed by atoms with Crippen LogP contribution in [-0.2, 0) is 12.8 Å². The first-order valence-corrected chi connectivity index (χ1v) is 18.0. The predicted octanol–water partition coefficient (Wildman–Crippen LogP) is 6.03. The topological polar surface area (TPSA) is 109 Å². The van der Waals surface area contributed by atoms with Crippen LogP contribution in [0.5, 0.6) is 0 Å². The maximum atomic E-state index is 11.0. The lowest BCUT2D eigenvalue weighted by Crippen LogP contribution is -2.53. The van der Waals surface area contributed by atoms with E-state index in [0.29, 0.717) is 12.1 Å². The van der Waals surface area contributed by atoms with E-state index in [-0.39, 0.29) is 28.8 Å². The summed E-state index contributed by atoms with van der Waals surface area (Å²) in [5.41, 5.74) is 8.91. The molecule has 254 valence electrons. The third-order valence-corrected chi connectivity index (χ3v) is 13.2. The van der Waals surface area contributed by atoms with Crippen LogP contribution in [-0.4, -0.2) is 73.0 Å². The maximum Gasteiger partial charge on any atom is 0.131 e. The van der Waals surface area contributed by atoms with Gasteiger partial charge in [-0.1, -0.05) is 50.2 Å². The van der Waals surface area contributed by atoms with Crippen molar-refractivity contribution in [2.45, 2.75) is 103 Å². The summed E-state index contributed by atoms with van der Waals surface area (Å²) in [6.07, 6.45) is 10.8. The summed E-state index contributed by atoms with van der Waals surface area (Å²) in [5.74, 6) is 0. The van der Waals surface area contributed by atoms with Crippen molar-refractivity contribution >= 4 is 21.8 Å². The first-order chi connectivity index (χ1) is 22.5. The monoisotopic (exact) mass is 642 g/mol. The Balaban J connectivity index is 0.000000139. The lowest BCUT2D eigenvalue weighted by atomic mass is 9.64. The number of piperidine rings is 2. The molecule has 0 radical (unpaired) electrons. The first kappa shape index (κ1) is 32.8. The summed E-state index contributed by atoms with van der Waals surface area (Å²) >= 11 is 0. The largest absolute Gasteiger partial charge is 0.412 e. The Hall–Kier alpha value is -2.72. The highest BCUT2D eigenvalue weighted by atomic mass is 16.3. The average molecular weight is 643 g/mol. The van der Waals surface area contributed by atoms with Gasteiger partial charge < -0.3 is 29.9 Å².